The zero-order valence-electron chi connectivity index (χ0n) is 16.3. The van der Waals surface area contributed by atoms with E-state index in [1.165, 1.54) is 0 Å². The van der Waals surface area contributed by atoms with Crippen LogP contribution in [0.1, 0.15) is 13.3 Å². The van der Waals surface area contributed by atoms with Crippen LogP contribution in [0.25, 0.3) is 11.4 Å². The molecule has 0 atom stereocenters. The summed E-state index contributed by atoms with van der Waals surface area (Å²) in [5, 5.41) is 6.66. The Bertz CT molecular complexity index is 854. The molecule has 0 saturated heterocycles. The first kappa shape index (κ1) is 19.5. The highest BCUT2D eigenvalue weighted by Crippen LogP contribution is 2.20. The van der Waals surface area contributed by atoms with Gasteiger partial charge in [0.15, 0.2) is 5.82 Å². The second-order valence-corrected chi connectivity index (χ2v) is 6.21. The van der Waals surface area contributed by atoms with E-state index < -0.39 is 0 Å². The number of hydrogen-bond donors (Lipinski definition) is 2. The SMILES string of the molecule is CCCNc1cc(NCCOc2ccc(OC)cc2)nc(-c2ccccc2)n1. The van der Waals surface area contributed by atoms with Crippen molar-refractivity contribution in [3.05, 3.63) is 60.7 Å². The molecule has 6 heteroatoms. The zero-order valence-corrected chi connectivity index (χ0v) is 16.3. The lowest BCUT2D eigenvalue weighted by atomic mass is 10.2. The second-order valence-electron chi connectivity index (χ2n) is 6.21. The number of anilines is 2. The maximum absolute atomic E-state index is 5.76. The quantitative estimate of drug-likeness (QED) is 0.508. The van der Waals surface area contributed by atoms with Crippen LogP contribution in [0.2, 0.25) is 0 Å². The Morgan fingerprint density at radius 1 is 0.821 bits per heavy atom. The summed E-state index contributed by atoms with van der Waals surface area (Å²) in [4.78, 5) is 9.27. The molecule has 0 aliphatic carbocycles. The molecule has 0 bridgehead atoms. The van der Waals surface area contributed by atoms with Gasteiger partial charge < -0.3 is 20.1 Å². The Hall–Kier alpha value is -3.28. The first-order valence-corrected chi connectivity index (χ1v) is 9.47. The Kier molecular flexibility index (Phi) is 7.07. The summed E-state index contributed by atoms with van der Waals surface area (Å²) >= 11 is 0. The van der Waals surface area contributed by atoms with Crippen molar-refractivity contribution in [3.63, 3.8) is 0 Å². The molecule has 0 radical (unpaired) electrons. The van der Waals surface area contributed by atoms with Crippen LogP contribution in [-0.4, -0.2) is 36.8 Å². The summed E-state index contributed by atoms with van der Waals surface area (Å²) in [5.74, 6) is 3.90. The van der Waals surface area contributed by atoms with Crippen molar-refractivity contribution in [1.82, 2.24) is 9.97 Å². The highest BCUT2D eigenvalue weighted by atomic mass is 16.5. The number of hydrogen-bond acceptors (Lipinski definition) is 6. The fourth-order valence-corrected chi connectivity index (χ4v) is 2.62. The van der Waals surface area contributed by atoms with E-state index in [2.05, 4.69) is 27.5 Å². The van der Waals surface area contributed by atoms with Gasteiger partial charge >= 0.3 is 0 Å². The molecule has 6 nitrogen and oxygen atoms in total. The van der Waals surface area contributed by atoms with Gasteiger partial charge in [-0.3, -0.25) is 0 Å². The van der Waals surface area contributed by atoms with Crippen LogP contribution in [0.15, 0.2) is 60.7 Å². The Morgan fingerprint density at radius 2 is 1.46 bits per heavy atom. The van der Waals surface area contributed by atoms with Gasteiger partial charge in [0.25, 0.3) is 0 Å². The minimum atomic E-state index is 0.523. The number of methoxy groups -OCH3 is 1. The molecule has 2 N–H and O–H groups in total. The minimum Gasteiger partial charge on any atom is -0.497 e. The van der Waals surface area contributed by atoms with Crippen LogP contribution in [-0.2, 0) is 0 Å². The van der Waals surface area contributed by atoms with Crippen molar-refractivity contribution in [3.8, 4) is 22.9 Å². The summed E-state index contributed by atoms with van der Waals surface area (Å²) in [6.07, 6.45) is 1.03. The molecule has 28 heavy (non-hydrogen) atoms. The van der Waals surface area contributed by atoms with E-state index in [0.717, 1.165) is 41.7 Å². The Morgan fingerprint density at radius 3 is 2.11 bits per heavy atom. The van der Waals surface area contributed by atoms with E-state index in [1.807, 2.05) is 60.7 Å². The van der Waals surface area contributed by atoms with Gasteiger partial charge in [-0.2, -0.15) is 0 Å². The van der Waals surface area contributed by atoms with Crippen molar-refractivity contribution in [2.45, 2.75) is 13.3 Å². The predicted molar refractivity (Wildman–Crippen MR) is 113 cm³/mol. The second kappa shape index (κ2) is 10.2. The number of aromatic nitrogens is 2. The molecule has 3 rings (SSSR count). The molecule has 146 valence electrons. The fourth-order valence-electron chi connectivity index (χ4n) is 2.62. The smallest absolute Gasteiger partial charge is 0.163 e. The first-order valence-electron chi connectivity index (χ1n) is 9.47. The van der Waals surface area contributed by atoms with Crippen LogP contribution in [0.3, 0.4) is 0 Å². The van der Waals surface area contributed by atoms with Gasteiger partial charge in [0.05, 0.1) is 13.7 Å². The summed E-state index contributed by atoms with van der Waals surface area (Å²) in [7, 11) is 1.65. The van der Waals surface area contributed by atoms with Crippen LogP contribution in [0.4, 0.5) is 11.6 Å². The predicted octanol–water partition coefficient (Wildman–Crippen LogP) is 4.47. The summed E-state index contributed by atoms with van der Waals surface area (Å²) in [5.41, 5.74) is 0.986. The molecule has 0 fully saturated rings. The molecule has 1 heterocycles. The van der Waals surface area contributed by atoms with Gasteiger partial charge in [0, 0.05) is 18.2 Å². The Balaban J connectivity index is 1.62. The maximum Gasteiger partial charge on any atom is 0.163 e. The van der Waals surface area contributed by atoms with Crippen LogP contribution >= 0.6 is 0 Å². The number of rotatable bonds is 10. The molecule has 0 saturated carbocycles. The summed E-state index contributed by atoms with van der Waals surface area (Å²) in [6.45, 7) is 4.15. The lowest BCUT2D eigenvalue weighted by molar-refractivity contribution is 0.331. The van der Waals surface area contributed by atoms with E-state index in [0.29, 0.717) is 19.0 Å². The molecule has 3 aromatic rings. The molecule has 0 spiro atoms. The zero-order chi connectivity index (χ0) is 19.6. The van der Waals surface area contributed by atoms with Crippen LogP contribution < -0.4 is 20.1 Å². The molecule has 0 amide bonds. The molecular formula is C22H26N4O2. The standard InChI is InChI=1S/C22H26N4O2/c1-3-13-23-20-16-21(26-22(25-20)17-7-5-4-6-8-17)24-14-15-28-19-11-9-18(27-2)10-12-19/h4-12,16H,3,13-15H2,1-2H3,(H2,23,24,25,26). The van der Waals surface area contributed by atoms with E-state index in [4.69, 9.17) is 9.47 Å². The molecule has 0 unspecified atom stereocenters. The number of nitrogens with zero attached hydrogens (tertiary/aromatic N) is 2. The monoisotopic (exact) mass is 378 g/mol. The largest absolute Gasteiger partial charge is 0.497 e. The molecule has 0 aliphatic heterocycles. The molecular weight excluding hydrogens is 352 g/mol. The van der Waals surface area contributed by atoms with Gasteiger partial charge in [0.1, 0.15) is 29.7 Å². The third-order valence-corrected chi connectivity index (χ3v) is 4.05. The van der Waals surface area contributed by atoms with Gasteiger partial charge in [-0.15, -0.1) is 0 Å². The van der Waals surface area contributed by atoms with Crippen LogP contribution in [0.5, 0.6) is 11.5 Å². The molecule has 0 aliphatic rings. The summed E-state index contributed by atoms with van der Waals surface area (Å²) in [6, 6.07) is 19.4. The highest BCUT2D eigenvalue weighted by Gasteiger charge is 2.07. The van der Waals surface area contributed by atoms with Crippen molar-refractivity contribution >= 4 is 11.6 Å². The van der Waals surface area contributed by atoms with E-state index >= 15 is 0 Å². The fraction of sp³-hybridized carbons (Fsp3) is 0.273. The molecule has 2 aromatic carbocycles. The highest BCUT2D eigenvalue weighted by molar-refractivity contribution is 5.61. The Labute approximate surface area is 166 Å². The number of benzene rings is 2. The maximum atomic E-state index is 5.76. The average molecular weight is 378 g/mol. The topological polar surface area (TPSA) is 68.3 Å². The lowest BCUT2D eigenvalue weighted by Gasteiger charge is -2.12. The third kappa shape index (κ3) is 5.61. The van der Waals surface area contributed by atoms with E-state index in [9.17, 15) is 0 Å². The number of nitrogens with one attached hydrogen (secondary N) is 2. The minimum absolute atomic E-state index is 0.523. The van der Waals surface area contributed by atoms with E-state index in [1.54, 1.807) is 7.11 Å². The number of ether oxygens (including phenoxy) is 2. The van der Waals surface area contributed by atoms with Gasteiger partial charge in [-0.1, -0.05) is 37.3 Å². The van der Waals surface area contributed by atoms with Crippen molar-refractivity contribution in [1.29, 1.82) is 0 Å². The van der Waals surface area contributed by atoms with Crippen molar-refractivity contribution in [2.24, 2.45) is 0 Å². The van der Waals surface area contributed by atoms with Gasteiger partial charge in [-0.05, 0) is 30.7 Å². The normalized spacial score (nSPS) is 10.4. The van der Waals surface area contributed by atoms with E-state index in [-0.39, 0.29) is 0 Å². The average Bonchev–Trinajstić information content (AvgIpc) is 2.76. The van der Waals surface area contributed by atoms with Crippen molar-refractivity contribution < 1.29 is 9.47 Å². The van der Waals surface area contributed by atoms with Gasteiger partial charge in [-0.25, -0.2) is 9.97 Å². The van der Waals surface area contributed by atoms with Crippen molar-refractivity contribution in [2.75, 3.05) is 37.4 Å². The summed E-state index contributed by atoms with van der Waals surface area (Å²) < 4.78 is 10.9. The third-order valence-electron chi connectivity index (χ3n) is 4.05. The molecule has 1 aromatic heterocycles. The first-order chi connectivity index (χ1) is 13.8. The lowest BCUT2D eigenvalue weighted by Crippen LogP contribution is -2.13. The van der Waals surface area contributed by atoms with Crippen LogP contribution in [0, 0.1) is 0 Å². The van der Waals surface area contributed by atoms with Gasteiger partial charge in [0.2, 0.25) is 0 Å².